The van der Waals surface area contributed by atoms with Gasteiger partial charge in [0.05, 0.1) is 19.7 Å². The van der Waals surface area contributed by atoms with E-state index in [4.69, 9.17) is 14.6 Å². The van der Waals surface area contributed by atoms with Crippen LogP contribution in [0.25, 0.3) is 0 Å². The number of carbonyl (C=O) groups excluding carboxylic acids is 1. The number of aliphatic carboxylic acids is 1. The van der Waals surface area contributed by atoms with Crippen molar-refractivity contribution in [2.45, 2.75) is 37.5 Å². The van der Waals surface area contributed by atoms with Crippen molar-refractivity contribution < 1.29 is 32.6 Å². The van der Waals surface area contributed by atoms with Crippen molar-refractivity contribution in [1.29, 1.82) is 0 Å². The first-order valence-electron chi connectivity index (χ1n) is 10.9. The standard InChI is InChI=1S/C21H26N4O2.C2HF3O2/c26-19(8-7-17-5-2-1-3-6-17)25-15-21(16-25)10-9-18(14-27-21)13-24-20-22-11-4-12-23-20;3-2(4,5)1(6)7/h1-6,11-12,18H,7-10,13-16H2,(H,22,23,24);(H,6,7). The minimum absolute atomic E-state index is 0.109. The van der Waals surface area contributed by atoms with Crippen molar-refractivity contribution in [1.82, 2.24) is 14.9 Å². The molecule has 1 amide bonds. The predicted octanol–water partition coefficient (Wildman–Crippen LogP) is 3.16. The number of benzene rings is 1. The number of ether oxygens (including phenoxy) is 1. The highest BCUT2D eigenvalue weighted by atomic mass is 19.4. The van der Waals surface area contributed by atoms with Gasteiger partial charge in [-0.2, -0.15) is 13.2 Å². The third-order valence-electron chi connectivity index (χ3n) is 5.77. The Hall–Kier alpha value is -3.21. The van der Waals surface area contributed by atoms with Gasteiger partial charge < -0.3 is 20.1 Å². The summed E-state index contributed by atoms with van der Waals surface area (Å²) >= 11 is 0. The van der Waals surface area contributed by atoms with Gasteiger partial charge in [-0.05, 0) is 36.8 Å². The first-order valence-corrected chi connectivity index (χ1v) is 10.9. The number of likely N-dealkylation sites (tertiary alicyclic amines) is 1. The molecule has 1 aromatic carbocycles. The van der Waals surface area contributed by atoms with Gasteiger partial charge in [0, 0.05) is 25.4 Å². The van der Waals surface area contributed by atoms with Crippen LogP contribution in [0.3, 0.4) is 0 Å². The van der Waals surface area contributed by atoms with Gasteiger partial charge in [-0.15, -0.1) is 0 Å². The molecule has 0 bridgehead atoms. The van der Waals surface area contributed by atoms with Gasteiger partial charge in [0.1, 0.15) is 5.60 Å². The molecular formula is C23H27F3N4O4. The molecule has 8 nitrogen and oxygen atoms in total. The molecule has 2 aromatic rings. The van der Waals surface area contributed by atoms with Crippen LogP contribution in [0.15, 0.2) is 48.8 Å². The zero-order valence-corrected chi connectivity index (χ0v) is 18.5. The van der Waals surface area contributed by atoms with E-state index in [1.54, 1.807) is 12.4 Å². The van der Waals surface area contributed by atoms with Crippen LogP contribution in [0, 0.1) is 5.92 Å². The topological polar surface area (TPSA) is 105 Å². The Labute approximate surface area is 195 Å². The fourth-order valence-corrected chi connectivity index (χ4v) is 3.83. The van der Waals surface area contributed by atoms with Crippen molar-refractivity contribution in [3.63, 3.8) is 0 Å². The summed E-state index contributed by atoms with van der Waals surface area (Å²) in [4.78, 5) is 31.6. The smallest absolute Gasteiger partial charge is 0.475 e. The number of nitrogens with zero attached hydrogens (tertiary/aromatic N) is 3. The molecule has 11 heteroatoms. The number of halogens is 3. The maximum absolute atomic E-state index is 12.4. The lowest BCUT2D eigenvalue weighted by molar-refractivity contribution is -0.192. The number of aromatic nitrogens is 2. The summed E-state index contributed by atoms with van der Waals surface area (Å²) < 4.78 is 37.9. The largest absolute Gasteiger partial charge is 0.490 e. The molecule has 1 unspecified atom stereocenters. The number of hydrogen-bond acceptors (Lipinski definition) is 6. The average Bonchev–Trinajstić information content (AvgIpc) is 2.81. The molecule has 1 aromatic heterocycles. The number of rotatable bonds is 6. The lowest BCUT2D eigenvalue weighted by Gasteiger charge is -2.52. The quantitative estimate of drug-likeness (QED) is 0.655. The summed E-state index contributed by atoms with van der Waals surface area (Å²) in [7, 11) is 0. The van der Waals surface area contributed by atoms with Crippen molar-refractivity contribution in [2.75, 3.05) is 31.6 Å². The van der Waals surface area contributed by atoms with E-state index < -0.39 is 12.1 Å². The molecule has 1 atom stereocenters. The maximum Gasteiger partial charge on any atom is 0.490 e. The second-order valence-corrected chi connectivity index (χ2v) is 8.39. The highest BCUT2D eigenvalue weighted by Gasteiger charge is 2.48. The van der Waals surface area contributed by atoms with Crippen LogP contribution in [0.1, 0.15) is 24.8 Å². The van der Waals surface area contributed by atoms with Crippen LogP contribution >= 0.6 is 0 Å². The fraction of sp³-hybridized carbons (Fsp3) is 0.478. The van der Waals surface area contributed by atoms with Gasteiger partial charge >= 0.3 is 12.1 Å². The van der Waals surface area contributed by atoms with Crippen molar-refractivity contribution in [3.8, 4) is 0 Å². The zero-order valence-electron chi connectivity index (χ0n) is 18.5. The number of carbonyl (C=O) groups is 2. The Balaban J connectivity index is 0.000000406. The minimum atomic E-state index is -5.08. The van der Waals surface area contributed by atoms with Crippen LogP contribution in [0.2, 0.25) is 0 Å². The summed E-state index contributed by atoms with van der Waals surface area (Å²) in [6.45, 7) is 3.02. The Morgan fingerprint density at radius 1 is 1.15 bits per heavy atom. The van der Waals surface area contributed by atoms with E-state index in [0.717, 1.165) is 45.5 Å². The first-order chi connectivity index (χ1) is 16.2. The third-order valence-corrected chi connectivity index (χ3v) is 5.77. The van der Waals surface area contributed by atoms with E-state index in [-0.39, 0.29) is 11.5 Å². The molecule has 2 fully saturated rings. The molecule has 0 saturated carbocycles. The van der Waals surface area contributed by atoms with Crippen LogP contribution in [0.4, 0.5) is 19.1 Å². The van der Waals surface area contributed by atoms with E-state index in [9.17, 15) is 18.0 Å². The zero-order chi connectivity index (χ0) is 24.6. The molecule has 34 heavy (non-hydrogen) atoms. The van der Waals surface area contributed by atoms with E-state index >= 15 is 0 Å². The summed E-state index contributed by atoms with van der Waals surface area (Å²) in [6, 6.07) is 12.0. The molecule has 184 valence electrons. The number of alkyl halides is 3. The molecule has 4 rings (SSSR count). The number of amides is 1. The van der Waals surface area contributed by atoms with E-state index in [2.05, 4.69) is 27.4 Å². The SMILES string of the molecule is O=C(CCc1ccccc1)N1CC2(CCC(CNc3ncccn3)CO2)C1.O=C(O)C(F)(F)F. The van der Waals surface area contributed by atoms with Gasteiger partial charge in [-0.1, -0.05) is 30.3 Å². The predicted molar refractivity (Wildman–Crippen MR) is 117 cm³/mol. The molecule has 2 aliphatic rings. The molecular weight excluding hydrogens is 453 g/mol. The molecule has 2 saturated heterocycles. The van der Waals surface area contributed by atoms with Gasteiger partial charge in [0.2, 0.25) is 11.9 Å². The number of nitrogens with one attached hydrogen (secondary N) is 1. The van der Waals surface area contributed by atoms with E-state index in [1.165, 1.54) is 5.56 Å². The number of aryl methyl sites for hydroxylation is 1. The van der Waals surface area contributed by atoms with E-state index in [0.29, 0.717) is 18.3 Å². The summed E-state index contributed by atoms with van der Waals surface area (Å²) in [5, 5.41) is 10.4. The molecule has 0 aliphatic carbocycles. The first kappa shape index (κ1) is 25.4. The molecule has 1 spiro atoms. The lowest BCUT2D eigenvalue weighted by atomic mass is 9.82. The van der Waals surface area contributed by atoms with Crippen LogP contribution < -0.4 is 5.32 Å². The number of anilines is 1. The van der Waals surface area contributed by atoms with E-state index in [1.807, 2.05) is 29.2 Å². The summed E-state index contributed by atoms with van der Waals surface area (Å²) in [5.41, 5.74) is 1.11. The fourth-order valence-electron chi connectivity index (χ4n) is 3.83. The average molecular weight is 480 g/mol. The minimum Gasteiger partial charge on any atom is -0.475 e. The van der Waals surface area contributed by atoms with Gasteiger partial charge in [-0.3, -0.25) is 4.79 Å². The Morgan fingerprint density at radius 2 is 1.79 bits per heavy atom. The number of hydrogen-bond donors (Lipinski definition) is 2. The number of carboxylic acids is 1. The third kappa shape index (κ3) is 7.41. The van der Waals surface area contributed by atoms with Crippen LogP contribution in [0.5, 0.6) is 0 Å². The van der Waals surface area contributed by atoms with Gasteiger partial charge in [0.25, 0.3) is 0 Å². The highest BCUT2D eigenvalue weighted by Crippen LogP contribution is 2.36. The lowest BCUT2D eigenvalue weighted by Crippen LogP contribution is -2.66. The van der Waals surface area contributed by atoms with Crippen molar-refractivity contribution in [2.24, 2.45) is 5.92 Å². The Morgan fingerprint density at radius 3 is 2.35 bits per heavy atom. The summed E-state index contributed by atoms with van der Waals surface area (Å²) in [5.74, 6) is -1.40. The Kier molecular flexibility index (Phi) is 8.43. The highest BCUT2D eigenvalue weighted by molar-refractivity contribution is 5.77. The van der Waals surface area contributed by atoms with Gasteiger partial charge in [-0.25, -0.2) is 14.8 Å². The summed E-state index contributed by atoms with van der Waals surface area (Å²) in [6.07, 6.45) is 1.88. The molecule has 2 N–H and O–H groups in total. The van der Waals surface area contributed by atoms with Crippen molar-refractivity contribution in [3.05, 3.63) is 54.4 Å². The second kappa shape index (κ2) is 11.3. The maximum atomic E-state index is 12.4. The molecule has 3 heterocycles. The second-order valence-electron chi connectivity index (χ2n) is 8.39. The van der Waals surface area contributed by atoms with Gasteiger partial charge in [0.15, 0.2) is 0 Å². The van der Waals surface area contributed by atoms with Crippen molar-refractivity contribution >= 4 is 17.8 Å². The Bertz CT molecular complexity index is 928. The molecule has 0 radical (unpaired) electrons. The molecule has 2 aliphatic heterocycles. The number of carboxylic acid groups (broad SMARTS) is 1. The normalized spacial score (nSPS) is 18.9. The van der Waals surface area contributed by atoms with Crippen LogP contribution in [-0.4, -0.2) is 69.9 Å². The van der Waals surface area contributed by atoms with Crippen LogP contribution in [-0.2, 0) is 20.7 Å². The monoisotopic (exact) mass is 480 g/mol.